The van der Waals surface area contributed by atoms with Crippen LogP contribution in [0.25, 0.3) is 0 Å². The van der Waals surface area contributed by atoms with Crippen LogP contribution >= 0.6 is 11.6 Å². The maximum absolute atomic E-state index is 6.52. The Bertz CT molecular complexity index is 419. The van der Waals surface area contributed by atoms with Gasteiger partial charge < -0.3 is 5.32 Å². The summed E-state index contributed by atoms with van der Waals surface area (Å²) in [6.07, 6.45) is 3.98. The SMILES string of the molecule is CNC(c1cccc(C)c1Cl)C1CC(C)CC(C)C1. The van der Waals surface area contributed by atoms with E-state index in [0.717, 1.165) is 16.9 Å². The minimum absolute atomic E-state index is 0.387. The normalized spacial score (nSPS) is 29.2. The molecule has 19 heavy (non-hydrogen) atoms. The van der Waals surface area contributed by atoms with Crippen molar-refractivity contribution in [2.75, 3.05) is 7.05 Å². The number of nitrogens with one attached hydrogen (secondary N) is 1. The highest BCUT2D eigenvalue weighted by atomic mass is 35.5. The fourth-order valence-corrected chi connectivity index (χ4v) is 4.08. The Morgan fingerprint density at radius 3 is 2.37 bits per heavy atom. The maximum atomic E-state index is 6.52. The molecule has 0 heterocycles. The lowest BCUT2D eigenvalue weighted by atomic mass is 9.72. The van der Waals surface area contributed by atoms with Gasteiger partial charge in [-0.15, -0.1) is 0 Å². The van der Waals surface area contributed by atoms with Crippen molar-refractivity contribution in [2.45, 2.75) is 46.1 Å². The molecule has 1 aliphatic carbocycles. The first kappa shape index (κ1) is 14.9. The molecule has 0 radical (unpaired) electrons. The summed E-state index contributed by atoms with van der Waals surface area (Å²) < 4.78 is 0. The molecule has 1 aliphatic rings. The van der Waals surface area contributed by atoms with E-state index < -0.39 is 0 Å². The van der Waals surface area contributed by atoms with Crippen molar-refractivity contribution < 1.29 is 0 Å². The second-order valence-electron chi connectivity index (χ2n) is 6.42. The lowest BCUT2D eigenvalue weighted by Gasteiger charge is -2.37. The molecule has 0 spiro atoms. The highest BCUT2D eigenvalue weighted by molar-refractivity contribution is 6.32. The van der Waals surface area contributed by atoms with E-state index in [0.29, 0.717) is 12.0 Å². The molecule has 1 aromatic rings. The molecule has 0 saturated heterocycles. The van der Waals surface area contributed by atoms with Crippen molar-refractivity contribution in [3.8, 4) is 0 Å². The predicted octanol–water partition coefficient (Wildman–Crippen LogP) is 4.98. The first-order valence-electron chi connectivity index (χ1n) is 7.45. The van der Waals surface area contributed by atoms with Gasteiger partial charge in [-0.25, -0.2) is 0 Å². The summed E-state index contributed by atoms with van der Waals surface area (Å²) in [5.41, 5.74) is 2.45. The molecule has 1 N–H and O–H groups in total. The summed E-state index contributed by atoms with van der Waals surface area (Å²) in [6.45, 7) is 6.85. The summed E-state index contributed by atoms with van der Waals surface area (Å²) in [5.74, 6) is 2.35. The average molecular weight is 280 g/mol. The lowest BCUT2D eigenvalue weighted by molar-refractivity contribution is 0.180. The van der Waals surface area contributed by atoms with Crippen LogP contribution in [-0.4, -0.2) is 7.05 Å². The highest BCUT2D eigenvalue weighted by Crippen LogP contribution is 2.41. The van der Waals surface area contributed by atoms with E-state index >= 15 is 0 Å². The maximum Gasteiger partial charge on any atom is 0.0483 e. The number of hydrogen-bond donors (Lipinski definition) is 1. The smallest absolute Gasteiger partial charge is 0.0483 e. The largest absolute Gasteiger partial charge is 0.313 e. The Morgan fingerprint density at radius 1 is 1.16 bits per heavy atom. The summed E-state index contributed by atoms with van der Waals surface area (Å²) >= 11 is 6.52. The molecule has 3 unspecified atom stereocenters. The Labute approximate surface area is 122 Å². The minimum Gasteiger partial charge on any atom is -0.313 e. The Morgan fingerprint density at radius 2 is 1.79 bits per heavy atom. The molecule has 1 fully saturated rings. The van der Waals surface area contributed by atoms with Crippen molar-refractivity contribution in [2.24, 2.45) is 17.8 Å². The van der Waals surface area contributed by atoms with Crippen molar-refractivity contribution in [1.82, 2.24) is 5.32 Å². The van der Waals surface area contributed by atoms with E-state index in [-0.39, 0.29) is 0 Å². The Kier molecular flexibility index (Phi) is 4.92. The number of rotatable bonds is 3. The summed E-state index contributed by atoms with van der Waals surface area (Å²) in [5, 5.41) is 4.45. The van der Waals surface area contributed by atoms with Crippen LogP contribution in [0.3, 0.4) is 0 Å². The van der Waals surface area contributed by atoms with Crippen molar-refractivity contribution >= 4 is 11.6 Å². The second-order valence-corrected chi connectivity index (χ2v) is 6.80. The third-order valence-corrected chi connectivity index (χ3v) is 5.07. The van der Waals surface area contributed by atoms with Crippen LogP contribution in [0.2, 0.25) is 5.02 Å². The van der Waals surface area contributed by atoms with Gasteiger partial charge in [0, 0.05) is 11.1 Å². The van der Waals surface area contributed by atoms with Gasteiger partial charge in [0.15, 0.2) is 0 Å². The fraction of sp³-hybridized carbons (Fsp3) is 0.647. The van der Waals surface area contributed by atoms with Gasteiger partial charge in [0.2, 0.25) is 0 Å². The van der Waals surface area contributed by atoms with Gasteiger partial charge in [-0.05, 0) is 62.1 Å². The monoisotopic (exact) mass is 279 g/mol. The molecule has 106 valence electrons. The van der Waals surface area contributed by atoms with E-state index in [4.69, 9.17) is 11.6 Å². The zero-order valence-electron chi connectivity index (χ0n) is 12.5. The molecular formula is C17H26ClN. The molecule has 2 heteroatoms. The van der Waals surface area contributed by atoms with E-state index in [1.54, 1.807) is 0 Å². The molecule has 3 atom stereocenters. The predicted molar refractivity (Wildman–Crippen MR) is 83.7 cm³/mol. The molecule has 1 nitrogen and oxygen atoms in total. The van der Waals surface area contributed by atoms with E-state index in [9.17, 15) is 0 Å². The highest BCUT2D eigenvalue weighted by Gasteiger charge is 2.31. The quantitative estimate of drug-likeness (QED) is 0.823. The number of aryl methyl sites for hydroxylation is 1. The Balaban J connectivity index is 2.26. The molecular weight excluding hydrogens is 254 g/mol. The minimum atomic E-state index is 0.387. The zero-order chi connectivity index (χ0) is 14.0. The molecule has 1 aromatic carbocycles. The first-order valence-corrected chi connectivity index (χ1v) is 7.83. The van der Waals surface area contributed by atoms with Gasteiger partial charge in [-0.1, -0.05) is 43.6 Å². The van der Waals surface area contributed by atoms with Gasteiger partial charge in [-0.3, -0.25) is 0 Å². The second kappa shape index (κ2) is 6.28. The van der Waals surface area contributed by atoms with Gasteiger partial charge in [-0.2, -0.15) is 0 Å². The molecule has 0 aliphatic heterocycles. The molecule has 0 aromatic heterocycles. The first-order chi connectivity index (χ1) is 9.02. The van der Waals surface area contributed by atoms with Crippen LogP contribution in [0, 0.1) is 24.7 Å². The Hall–Kier alpha value is -0.530. The van der Waals surface area contributed by atoms with Gasteiger partial charge in [0.25, 0.3) is 0 Å². The lowest BCUT2D eigenvalue weighted by Crippen LogP contribution is -2.31. The summed E-state index contributed by atoms with van der Waals surface area (Å²) in [7, 11) is 2.06. The van der Waals surface area contributed by atoms with Crippen molar-refractivity contribution in [1.29, 1.82) is 0 Å². The van der Waals surface area contributed by atoms with Crippen molar-refractivity contribution in [3.63, 3.8) is 0 Å². The third-order valence-electron chi connectivity index (χ3n) is 4.55. The van der Waals surface area contributed by atoms with Crippen LogP contribution < -0.4 is 5.32 Å². The van der Waals surface area contributed by atoms with Crippen LogP contribution in [0.15, 0.2) is 18.2 Å². The number of halogens is 1. The van der Waals surface area contributed by atoms with Crippen LogP contribution in [0.1, 0.15) is 50.3 Å². The fourth-order valence-electron chi connectivity index (χ4n) is 3.84. The number of benzene rings is 1. The molecule has 0 bridgehead atoms. The molecule has 0 amide bonds. The van der Waals surface area contributed by atoms with E-state index in [1.165, 1.54) is 30.4 Å². The standard InChI is InChI=1S/C17H26ClN/c1-11-8-12(2)10-14(9-11)17(19-4)15-7-5-6-13(3)16(15)18/h5-7,11-12,14,17,19H,8-10H2,1-4H3. The zero-order valence-corrected chi connectivity index (χ0v) is 13.3. The molecule has 2 rings (SSSR count). The average Bonchev–Trinajstić information content (AvgIpc) is 2.34. The van der Waals surface area contributed by atoms with E-state index in [1.807, 2.05) is 0 Å². The van der Waals surface area contributed by atoms with Crippen molar-refractivity contribution in [3.05, 3.63) is 34.3 Å². The number of hydrogen-bond acceptors (Lipinski definition) is 1. The van der Waals surface area contributed by atoms with Gasteiger partial charge in [0.1, 0.15) is 0 Å². The molecule has 1 saturated carbocycles. The van der Waals surface area contributed by atoms with Crippen LogP contribution in [0.4, 0.5) is 0 Å². The van der Waals surface area contributed by atoms with Gasteiger partial charge in [0.05, 0.1) is 0 Å². The van der Waals surface area contributed by atoms with E-state index in [2.05, 4.69) is 51.3 Å². The summed E-state index contributed by atoms with van der Waals surface area (Å²) in [4.78, 5) is 0. The third kappa shape index (κ3) is 3.32. The topological polar surface area (TPSA) is 12.0 Å². The summed E-state index contributed by atoms with van der Waals surface area (Å²) in [6, 6.07) is 6.78. The van der Waals surface area contributed by atoms with Crippen LogP contribution in [-0.2, 0) is 0 Å². The van der Waals surface area contributed by atoms with Gasteiger partial charge >= 0.3 is 0 Å². The van der Waals surface area contributed by atoms with Crippen LogP contribution in [0.5, 0.6) is 0 Å².